The van der Waals surface area contributed by atoms with Crippen LogP contribution < -0.4 is 15.5 Å². The molecule has 0 aliphatic heterocycles. The first kappa shape index (κ1) is 16.0. The molecule has 0 amide bonds. The Morgan fingerprint density at radius 3 is 2.58 bits per heavy atom. The highest BCUT2D eigenvalue weighted by Crippen LogP contribution is 2.36. The lowest BCUT2D eigenvalue weighted by atomic mass is 10.3. The number of halogens is 2. The van der Waals surface area contributed by atoms with Gasteiger partial charge in [0.25, 0.3) is 0 Å². The van der Waals surface area contributed by atoms with Gasteiger partial charge in [-0.3, -0.25) is 5.21 Å². The molecule has 1 heterocycles. The number of ether oxygens (including phenoxy) is 1. The van der Waals surface area contributed by atoms with Gasteiger partial charge in [0.1, 0.15) is 11.6 Å². The second-order valence-electron chi connectivity index (χ2n) is 4.74. The van der Waals surface area contributed by atoms with Crippen LogP contribution in [0.3, 0.4) is 0 Å². The Hall–Kier alpha value is -2.90. The maximum absolute atomic E-state index is 13.1. The van der Waals surface area contributed by atoms with Crippen LogP contribution in [-0.2, 0) is 0 Å². The standard InChI is InChI=1S/C16H12ClFN4O2/c17-12-8-10(18)6-7-13(12)24-14-9-20-16(19)21-15(14)22(23)11-4-2-1-3-5-11/h1-9,23H,(H2,19,20,21). The van der Waals surface area contributed by atoms with Gasteiger partial charge in [0.05, 0.1) is 16.9 Å². The van der Waals surface area contributed by atoms with Crippen molar-refractivity contribution in [2.75, 3.05) is 10.8 Å². The van der Waals surface area contributed by atoms with E-state index in [4.69, 9.17) is 22.1 Å². The predicted octanol–water partition coefficient (Wildman–Crippen LogP) is 4.17. The van der Waals surface area contributed by atoms with Crippen molar-refractivity contribution in [1.82, 2.24) is 9.97 Å². The van der Waals surface area contributed by atoms with E-state index in [0.29, 0.717) is 5.69 Å². The van der Waals surface area contributed by atoms with Crippen LogP contribution in [0.1, 0.15) is 0 Å². The number of para-hydroxylation sites is 1. The van der Waals surface area contributed by atoms with Crippen molar-refractivity contribution in [3.8, 4) is 11.5 Å². The van der Waals surface area contributed by atoms with Crippen LogP contribution in [0.5, 0.6) is 11.5 Å². The summed E-state index contributed by atoms with van der Waals surface area (Å²) in [5, 5.41) is 11.3. The zero-order chi connectivity index (χ0) is 17.1. The Labute approximate surface area is 141 Å². The van der Waals surface area contributed by atoms with Gasteiger partial charge in [0.2, 0.25) is 11.8 Å². The lowest BCUT2D eigenvalue weighted by Gasteiger charge is -2.19. The number of hydrogen-bond acceptors (Lipinski definition) is 6. The van der Waals surface area contributed by atoms with E-state index in [-0.39, 0.29) is 28.3 Å². The van der Waals surface area contributed by atoms with Crippen LogP contribution in [0.15, 0.2) is 54.7 Å². The SMILES string of the molecule is Nc1ncc(Oc2ccc(F)cc2Cl)c(N(O)c2ccccc2)n1. The molecule has 122 valence electrons. The molecule has 0 aliphatic rings. The third kappa shape index (κ3) is 3.37. The van der Waals surface area contributed by atoms with Crippen molar-refractivity contribution in [2.24, 2.45) is 0 Å². The van der Waals surface area contributed by atoms with E-state index in [9.17, 15) is 9.60 Å². The average Bonchev–Trinajstić information content (AvgIpc) is 2.59. The highest BCUT2D eigenvalue weighted by atomic mass is 35.5. The Bertz CT molecular complexity index is 864. The first-order valence-corrected chi connectivity index (χ1v) is 7.22. The minimum absolute atomic E-state index is 0.0223. The highest BCUT2D eigenvalue weighted by Gasteiger charge is 2.17. The van der Waals surface area contributed by atoms with Crippen molar-refractivity contribution in [1.29, 1.82) is 0 Å². The summed E-state index contributed by atoms with van der Waals surface area (Å²) in [5.74, 6) is -0.223. The van der Waals surface area contributed by atoms with Gasteiger partial charge in [-0.15, -0.1) is 0 Å². The lowest BCUT2D eigenvalue weighted by Crippen LogP contribution is -2.14. The third-order valence-corrected chi connectivity index (χ3v) is 3.37. The number of rotatable bonds is 4. The molecule has 8 heteroatoms. The molecular weight excluding hydrogens is 335 g/mol. The molecule has 0 fully saturated rings. The molecule has 0 atom stereocenters. The third-order valence-electron chi connectivity index (χ3n) is 3.07. The molecule has 24 heavy (non-hydrogen) atoms. The smallest absolute Gasteiger partial charge is 0.222 e. The van der Waals surface area contributed by atoms with E-state index < -0.39 is 5.82 Å². The van der Waals surface area contributed by atoms with E-state index in [2.05, 4.69) is 9.97 Å². The number of anilines is 3. The topological polar surface area (TPSA) is 84.5 Å². The zero-order valence-corrected chi connectivity index (χ0v) is 13.0. The maximum atomic E-state index is 13.1. The molecule has 3 aromatic rings. The van der Waals surface area contributed by atoms with Crippen LogP contribution in [0.25, 0.3) is 0 Å². The first-order valence-electron chi connectivity index (χ1n) is 6.84. The summed E-state index contributed by atoms with van der Waals surface area (Å²) in [5.41, 5.74) is 6.04. The van der Waals surface area contributed by atoms with Crippen molar-refractivity contribution in [3.05, 3.63) is 65.6 Å². The van der Waals surface area contributed by atoms with Gasteiger partial charge in [0.15, 0.2) is 5.75 Å². The summed E-state index contributed by atoms with van der Waals surface area (Å²) >= 11 is 5.95. The summed E-state index contributed by atoms with van der Waals surface area (Å²) in [7, 11) is 0. The fourth-order valence-electron chi connectivity index (χ4n) is 1.97. The molecule has 0 saturated heterocycles. The Balaban J connectivity index is 1.99. The van der Waals surface area contributed by atoms with Gasteiger partial charge in [-0.1, -0.05) is 29.8 Å². The average molecular weight is 347 g/mol. The summed E-state index contributed by atoms with van der Waals surface area (Å²) in [6.45, 7) is 0. The zero-order valence-electron chi connectivity index (χ0n) is 12.2. The van der Waals surface area contributed by atoms with E-state index in [1.807, 2.05) is 0 Å². The number of benzene rings is 2. The Kier molecular flexibility index (Phi) is 4.45. The summed E-state index contributed by atoms with van der Waals surface area (Å²) in [6, 6.07) is 12.3. The van der Waals surface area contributed by atoms with E-state index in [1.165, 1.54) is 18.3 Å². The van der Waals surface area contributed by atoms with Gasteiger partial charge in [0, 0.05) is 0 Å². The molecule has 0 bridgehead atoms. The molecule has 6 nitrogen and oxygen atoms in total. The van der Waals surface area contributed by atoms with E-state index >= 15 is 0 Å². The molecular formula is C16H12ClFN4O2. The molecule has 3 N–H and O–H groups in total. The van der Waals surface area contributed by atoms with Crippen molar-refractivity contribution in [2.45, 2.75) is 0 Å². The lowest BCUT2D eigenvalue weighted by molar-refractivity contribution is 0.293. The van der Waals surface area contributed by atoms with E-state index in [0.717, 1.165) is 11.1 Å². The Morgan fingerprint density at radius 2 is 1.88 bits per heavy atom. The quantitative estimate of drug-likeness (QED) is 0.690. The molecule has 2 aromatic carbocycles. The number of nitrogen functional groups attached to an aromatic ring is 1. The minimum Gasteiger partial charge on any atom is -0.450 e. The fourth-order valence-corrected chi connectivity index (χ4v) is 2.17. The van der Waals surface area contributed by atoms with E-state index in [1.54, 1.807) is 30.3 Å². The van der Waals surface area contributed by atoms with Crippen LogP contribution in [-0.4, -0.2) is 15.2 Å². The van der Waals surface area contributed by atoms with Crippen molar-refractivity contribution < 1.29 is 14.3 Å². The molecule has 0 saturated carbocycles. The molecule has 0 aliphatic carbocycles. The Morgan fingerprint density at radius 1 is 1.12 bits per heavy atom. The molecule has 0 unspecified atom stereocenters. The summed E-state index contributed by atoms with van der Waals surface area (Å²) < 4.78 is 18.8. The maximum Gasteiger partial charge on any atom is 0.222 e. The van der Waals surface area contributed by atoms with Crippen molar-refractivity contribution >= 4 is 29.1 Å². The number of hydrogen-bond donors (Lipinski definition) is 2. The fraction of sp³-hybridized carbons (Fsp3) is 0. The normalized spacial score (nSPS) is 10.5. The number of aromatic nitrogens is 2. The van der Waals surface area contributed by atoms with Gasteiger partial charge < -0.3 is 10.5 Å². The van der Waals surface area contributed by atoms with Crippen LogP contribution in [0.2, 0.25) is 5.02 Å². The summed E-state index contributed by atoms with van der Waals surface area (Å²) in [4.78, 5) is 7.84. The van der Waals surface area contributed by atoms with Gasteiger partial charge in [-0.25, -0.2) is 14.4 Å². The monoisotopic (exact) mass is 346 g/mol. The number of nitrogens with zero attached hydrogens (tertiary/aromatic N) is 3. The second-order valence-corrected chi connectivity index (χ2v) is 5.15. The molecule has 3 rings (SSSR count). The molecule has 0 radical (unpaired) electrons. The largest absolute Gasteiger partial charge is 0.450 e. The van der Waals surface area contributed by atoms with Gasteiger partial charge >= 0.3 is 0 Å². The minimum atomic E-state index is -0.491. The predicted molar refractivity (Wildman–Crippen MR) is 88.3 cm³/mol. The summed E-state index contributed by atoms with van der Waals surface area (Å²) in [6.07, 6.45) is 1.30. The van der Waals surface area contributed by atoms with Crippen LogP contribution in [0.4, 0.5) is 21.8 Å². The van der Waals surface area contributed by atoms with Crippen molar-refractivity contribution in [3.63, 3.8) is 0 Å². The van der Waals surface area contributed by atoms with Crippen LogP contribution >= 0.6 is 11.6 Å². The highest BCUT2D eigenvalue weighted by molar-refractivity contribution is 6.32. The molecule has 0 spiro atoms. The second kappa shape index (κ2) is 6.69. The first-order chi connectivity index (χ1) is 11.5. The van der Waals surface area contributed by atoms with Gasteiger partial charge in [-0.05, 0) is 30.3 Å². The molecule has 1 aromatic heterocycles. The van der Waals surface area contributed by atoms with Crippen LogP contribution in [0, 0.1) is 5.82 Å². The number of nitrogens with two attached hydrogens (primary N) is 1. The van der Waals surface area contributed by atoms with Gasteiger partial charge in [-0.2, -0.15) is 4.98 Å².